The second kappa shape index (κ2) is 7.56. The van der Waals surface area contributed by atoms with E-state index in [-0.39, 0.29) is 0 Å². The minimum Gasteiger partial charge on any atom is -0.317 e. The molecule has 2 nitrogen and oxygen atoms in total. The summed E-state index contributed by atoms with van der Waals surface area (Å²) >= 11 is 0. The van der Waals surface area contributed by atoms with E-state index in [1.807, 2.05) is 0 Å². The number of nitrogens with one attached hydrogen (secondary N) is 2. The SMILES string of the molecule is C1CCCNCCCNCCC1. The van der Waals surface area contributed by atoms with Crippen LogP contribution in [0.5, 0.6) is 0 Å². The van der Waals surface area contributed by atoms with Crippen LogP contribution in [0, 0.1) is 0 Å². The van der Waals surface area contributed by atoms with Gasteiger partial charge in [-0.2, -0.15) is 0 Å². The third-order valence-corrected chi connectivity index (χ3v) is 2.41. The Labute approximate surface area is 76.1 Å². The van der Waals surface area contributed by atoms with Crippen molar-refractivity contribution < 1.29 is 0 Å². The molecule has 0 aromatic rings. The average Bonchev–Trinajstić information content (AvgIpc) is 2.05. The smallest absolute Gasteiger partial charge is 0.00368 e. The molecule has 0 unspecified atom stereocenters. The molecule has 1 aliphatic rings. The van der Waals surface area contributed by atoms with Gasteiger partial charge in [-0.25, -0.2) is 0 Å². The first-order valence-corrected chi connectivity index (χ1v) is 5.41. The molecule has 0 amide bonds. The molecule has 0 spiro atoms. The normalized spacial score (nSPS) is 24.0. The van der Waals surface area contributed by atoms with Gasteiger partial charge in [-0.05, 0) is 45.4 Å². The van der Waals surface area contributed by atoms with E-state index in [9.17, 15) is 0 Å². The molecule has 1 saturated heterocycles. The number of hydrogen-bond donors (Lipinski definition) is 2. The van der Waals surface area contributed by atoms with Gasteiger partial charge in [0.2, 0.25) is 0 Å². The predicted molar refractivity (Wildman–Crippen MR) is 53.4 cm³/mol. The highest BCUT2D eigenvalue weighted by Gasteiger charge is 1.94. The third-order valence-electron chi connectivity index (χ3n) is 2.41. The lowest BCUT2D eigenvalue weighted by Gasteiger charge is -2.08. The van der Waals surface area contributed by atoms with E-state index in [1.54, 1.807) is 0 Å². The van der Waals surface area contributed by atoms with Crippen LogP contribution < -0.4 is 10.6 Å². The maximum atomic E-state index is 3.46. The highest BCUT2D eigenvalue weighted by atomic mass is 14.9. The zero-order valence-electron chi connectivity index (χ0n) is 8.07. The van der Waals surface area contributed by atoms with E-state index in [2.05, 4.69) is 10.6 Å². The standard InChI is InChI=1S/C10H22N2/c1-2-4-7-11-9-6-10-12-8-5-3-1/h11-12H,1-10H2. The fourth-order valence-electron chi connectivity index (χ4n) is 1.62. The molecule has 2 heteroatoms. The molecule has 1 fully saturated rings. The Bertz CT molecular complexity index is 50.8. The molecule has 0 aromatic heterocycles. The molecule has 2 N–H and O–H groups in total. The molecule has 1 rings (SSSR count). The first kappa shape index (κ1) is 10.0. The lowest BCUT2D eigenvalue weighted by Crippen LogP contribution is -2.24. The van der Waals surface area contributed by atoms with Gasteiger partial charge in [0, 0.05) is 0 Å². The predicted octanol–water partition coefficient (Wildman–Crippen LogP) is 1.52. The van der Waals surface area contributed by atoms with E-state index in [0.717, 1.165) is 0 Å². The lowest BCUT2D eigenvalue weighted by atomic mass is 10.1. The minimum absolute atomic E-state index is 1.19. The van der Waals surface area contributed by atoms with Gasteiger partial charge < -0.3 is 10.6 Å². The van der Waals surface area contributed by atoms with Gasteiger partial charge in [-0.3, -0.25) is 0 Å². The monoisotopic (exact) mass is 170 g/mol. The average molecular weight is 170 g/mol. The van der Waals surface area contributed by atoms with Crippen molar-refractivity contribution in [1.29, 1.82) is 0 Å². The first-order valence-electron chi connectivity index (χ1n) is 5.41. The highest BCUT2D eigenvalue weighted by Crippen LogP contribution is 2.01. The van der Waals surface area contributed by atoms with Crippen LogP contribution in [0.4, 0.5) is 0 Å². The fraction of sp³-hybridized carbons (Fsp3) is 1.00. The van der Waals surface area contributed by atoms with E-state index >= 15 is 0 Å². The Morgan fingerprint density at radius 3 is 1.42 bits per heavy atom. The Morgan fingerprint density at radius 1 is 0.417 bits per heavy atom. The fourth-order valence-corrected chi connectivity index (χ4v) is 1.62. The second-order valence-electron chi connectivity index (χ2n) is 3.62. The van der Waals surface area contributed by atoms with Crippen molar-refractivity contribution >= 4 is 0 Å². The molecule has 0 bridgehead atoms. The zero-order chi connectivity index (χ0) is 8.49. The Balaban J connectivity index is 2.00. The molecule has 0 aliphatic carbocycles. The number of rotatable bonds is 0. The number of hydrogen-bond acceptors (Lipinski definition) is 2. The van der Waals surface area contributed by atoms with Crippen LogP contribution in [-0.2, 0) is 0 Å². The van der Waals surface area contributed by atoms with E-state index in [0.29, 0.717) is 0 Å². The van der Waals surface area contributed by atoms with Gasteiger partial charge in [0.1, 0.15) is 0 Å². The van der Waals surface area contributed by atoms with E-state index in [1.165, 1.54) is 64.7 Å². The summed E-state index contributed by atoms with van der Waals surface area (Å²) in [6.07, 6.45) is 8.25. The third kappa shape index (κ3) is 5.56. The zero-order valence-corrected chi connectivity index (χ0v) is 8.07. The van der Waals surface area contributed by atoms with Gasteiger partial charge in [-0.15, -0.1) is 0 Å². The molecule has 12 heavy (non-hydrogen) atoms. The summed E-state index contributed by atoms with van der Waals surface area (Å²) in [5.74, 6) is 0. The lowest BCUT2D eigenvalue weighted by molar-refractivity contribution is 0.520. The van der Waals surface area contributed by atoms with Crippen molar-refractivity contribution in [2.75, 3.05) is 26.2 Å². The van der Waals surface area contributed by atoms with Crippen LogP contribution in [-0.4, -0.2) is 26.2 Å². The van der Waals surface area contributed by atoms with Crippen molar-refractivity contribution in [2.45, 2.75) is 38.5 Å². The molecular formula is C10H22N2. The van der Waals surface area contributed by atoms with Gasteiger partial charge in [0.15, 0.2) is 0 Å². The van der Waals surface area contributed by atoms with Crippen molar-refractivity contribution in [2.24, 2.45) is 0 Å². The second-order valence-corrected chi connectivity index (χ2v) is 3.62. The summed E-state index contributed by atoms with van der Waals surface area (Å²) in [6, 6.07) is 0. The van der Waals surface area contributed by atoms with Crippen LogP contribution in [0.3, 0.4) is 0 Å². The van der Waals surface area contributed by atoms with Crippen LogP contribution in [0.2, 0.25) is 0 Å². The Hall–Kier alpha value is -0.0800. The summed E-state index contributed by atoms with van der Waals surface area (Å²) in [7, 11) is 0. The van der Waals surface area contributed by atoms with Crippen molar-refractivity contribution in [1.82, 2.24) is 10.6 Å². The molecular weight excluding hydrogens is 148 g/mol. The Kier molecular flexibility index (Phi) is 6.30. The molecule has 0 aromatic carbocycles. The quantitative estimate of drug-likeness (QED) is 0.576. The Morgan fingerprint density at radius 2 is 0.833 bits per heavy atom. The van der Waals surface area contributed by atoms with Crippen molar-refractivity contribution in [3.63, 3.8) is 0 Å². The van der Waals surface area contributed by atoms with Crippen LogP contribution in [0.1, 0.15) is 38.5 Å². The topological polar surface area (TPSA) is 24.1 Å². The maximum absolute atomic E-state index is 3.46. The van der Waals surface area contributed by atoms with E-state index in [4.69, 9.17) is 0 Å². The summed E-state index contributed by atoms with van der Waals surface area (Å²) in [4.78, 5) is 0. The largest absolute Gasteiger partial charge is 0.317 e. The maximum Gasteiger partial charge on any atom is -0.00368 e. The summed E-state index contributed by atoms with van der Waals surface area (Å²) in [6.45, 7) is 4.82. The van der Waals surface area contributed by atoms with Crippen molar-refractivity contribution in [3.8, 4) is 0 Å². The van der Waals surface area contributed by atoms with Crippen LogP contribution in [0.15, 0.2) is 0 Å². The van der Waals surface area contributed by atoms with Gasteiger partial charge in [-0.1, -0.05) is 19.3 Å². The van der Waals surface area contributed by atoms with Gasteiger partial charge >= 0.3 is 0 Å². The minimum atomic E-state index is 1.19. The molecule has 1 heterocycles. The molecule has 72 valence electrons. The molecule has 1 aliphatic heterocycles. The van der Waals surface area contributed by atoms with Crippen LogP contribution in [0.25, 0.3) is 0 Å². The van der Waals surface area contributed by atoms with Crippen LogP contribution >= 0.6 is 0 Å². The van der Waals surface area contributed by atoms with Gasteiger partial charge in [0.05, 0.1) is 0 Å². The summed E-state index contributed by atoms with van der Waals surface area (Å²) in [5, 5.41) is 6.93. The van der Waals surface area contributed by atoms with E-state index < -0.39 is 0 Å². The molecule has 0 saturated carbocycles. The highest BCUT2D eigenvalue weighted by molar-refractivity contribution is 4.55. The van der Waals surface area contributed by atoms with Crippen molar-refractivity contribution in [3.05, 3.63) is 0 Å². The van der Waals surface area contributed by atoms with Gasteiger partial charge in [0.25, 0.3) is 0 Å². The summed E-state index contributed by atoms with van der Waals surface area (Å²) in [5.41, 5.74) is 0. The summed E-state index contributed by atoms with van der Waals surface area (Å²) < 4.78 is 0. The molecule has 0 radical (unpaired) electrons. The molecule has 0 atom stereocenters. The first-order chi connectivity index (χ1) is 6.00.